The largest absolute Gasteiger partial charge is 0.310 e. The number of hydrogen-bond donors (Lipinski definition) is 0. The second-order valence-corrected chi connectivity index (χ2v) is 13.4. The van der Waals surface area contributed by atoms with Crippen LogP contribution in [0.1, 0.15) is 22.3 Å². The Labute approximate surface area is 281 Å². The Morgan fingerprint density at radius 2 is 1.04 bits per heavy atom. The lowest BCUT2D eigenvalue weighted by Gasteiger charge is -2.28. The van der Waals surface area contributed by atoms with E-state index in [4.69, 9.17) is 0 Å². The van der Waals surface area contributed by atoms with Crippen LogP contribution in [0.3, 0.4) is 0 Å². The molecule has 0 fully saturated rings. The lowest BCUT2D eigenvalue weighted by molar-refractivity contribution is 0.564. The molecule has 0 heterocycles. The maximum atomic E-state index is 2.55. The van der Waals surface area contributed by atoms with Gasteiger partial charge in [-0.2, -0.15) is 0 Å². The first-order valence-corrected chi connectivity index (χ1v) is 16.9. The van der Waals surface area contributed by atoms with Gasteiger partial charge in [-0.1, -0.05) is 133 Å². The van der Waals surface area contributed by atoms with Crippen LogP contribution in [0.5, 0.6) is 0 Å². The molecule has 10 rings (SSSR count). The molecular formula is C47H33N. The van der Waals surface area contributed by atoms with Crippen molar-refractivity contribution in [1.82, 2.24) is 0 Å². The van der Waals surface area contributed by atoms with E-state index in [0.717, 1.165) is 24.2 Å². The Morgan fingerprint density at radius 1 is 0.396 bits per heavy atom. The van der Waals surface area contributed by atoms with Crippen LogP contribution in [0.2, 0.25) is 0 Å². The number of nitrogens with zero attached hydrogens (tertiary/aromatic N) is 1. The number of rotatable bonds is 4. The zero-order chi connectivity index (χ0) is 31.7. The van der Waals surface area contributed by atoms with Crippen LogP contribution in [0.4, 0.5) is 17.1 Å². The molecular weight excluding hydrogens is 579 g/mol. The van der Waals surface area contributed by atoms with Gasteiger partial charge >= 0.3 is 0 Å². The van der Waals surface area contributed by atoms with Crippen molar-refractivity contribution < 1.29 is 0 Å². The molecule has 2 aliphatic rings. The van der Waals surface area contributed by atoms with Gasteiger partial charge in [-0.15, -0.1) is 0 Å². The van der Waals surface area contributed by atoms with E-state index in [2.05, 4.69) is 181 Å². The summed E-state index contributed by atoms with van der Waals surface area (Å²) in [6.45, 7) is 0. The fraction of sp³-hybridized carbons (Fsp3) is 0.0638. The first-order chi connectivity index (χ1) is 23.8. The number of benzene rings is 8. The van der Waals surface area contributed by atoms with Gasteiger partial charge in [-0.25, -0.2) is 0 Å². The van der Waals surface area contributed by atoms with E-state index in [9.17, 15) is 0 Å². The molecule has 0 saturated heterocycles. The zero-order valence-electron chi connectivity index (χ0n) is 26.6. The van der Waals surface area contributed by atoms with E-state index in [-0.39, 0.29) is 5.41 Å². The van der Waals surface area contributed by atoms with Gasteiger partial charge in [0.1, 0.15) is 0 Å². The van der Waals surface area contributed by atoms with Crippen LogP contribution in [0.25, 0.3) is 43.8 Å². The number of hydrogen-bond acceptors (Lipinski definition) is 1. The highest BCUT2D eigenvalue weighted by Gasteiger charge is 2.47. The minimum Gasteiger partial charge on any atom is -0.310 e. The second kappa shape index (κ2) is 10.6. The molecule has 8 aromatic carbocycles. The van der Waals surface area contributed by atoms with E-state index >= 15 is 0 Å². The minimum atomic E-state index is -0.0276. The number of fused-ring (bicyclic) bond motifs is 9. The molecule has 226 valence electrons. The first kappa shape index (κ1) is 27.2. The van der Waals surface area contributed by atoms with E-state index in [1.165, 1.54) is 71.7 Å². The first-order valence-electron chi connectivity index (χ1n) is 16.9. The van der Waals surface area contributed by atoms with Crippen molar-refractivity contribution in [3.05, 3.63) is 198 Å². The third-order valence-electron chi connectivity index (χ3n) is 10.8. The Balaban J connectivity index is 1.16. The van der Waals surface area contributed by atoms with Gasteiger partial charge < -0.3 is 4.90 Å². The molecule has 0 bridgehead atoms. The fourth-order valence-electron chi connectivity index (χ4n) is 8.65. The maximum absolute atomic E-state index is 2.55. The van der Waals surface area contributed by atoms with E-state index in [0.29, 0.717) is 0 Å². The summed E-state index contributed by atoms with van der Waals surface area (Å²) >= 11 is 0. The molecule has 8 aromatic rings. The molecule has 0 atom stereocenters. The van der Waals surface area contributed by atoms with Crippen molar-refractivity contribution in [3.63, 3.8) is 0 Å². The van der Waals surface area contributed by atoms with Crippen LogP contribution >= 0.6 is 0 Å². The van der Waals surface area contributed by atoms with Crippen LogP contribution < -0.4 is 4.90 Å². The quantitative estimate of drug-likeness (QED) is 0.179. The SMILES string of the molecule is c1ccc(-c2ccc(N(c3ccccc3)c3cccc4c3ccc3cc5c(cc34)C3(Cc4ccccc4C3)c3ccccc3-5)cc2)cc1. The van der Waals surface area contributed by atoms with Crippen molar-refractivity contribution in [3.8, 4) is 22.3 Å². The van der Waals surface area contributed by atoms with Crippen LogP contribution in [0.15, 0.2) is 176 Å². The van der Waals surface area contributed by atoms with Gasteiger partial charge in [-0.05, 0) is 116 Å². The van der Waals surface area contributed by atoms with E-state index in [1.54, 1.807) is 0 Å². The molecule has 0 unspecified atom stereocenters. The van der Waals surface area contributed by atoms with E-state index < -0.39 is 0 Å². The average Bonchev–Trinajstić information content (AvgIpc) is 3.67. The maximum Gasteiger partial charge on any atom is 0.0540 e. The summed E-state index contributed by atoms with van der Waals surface area (Å²) in [5, 5.41) is 5.15. The van der Waals surface area contributed by atoms with Gasteiger partial charge in [0, 0.05) is 22.2 Å². The molecule has 48 heavy (non-hydrogen) atoms. The van der Waals surface area contributed by atoms with Crippen molar-refractivity contribution in [2.45, 2.75) is 18.3 Å². The van der Waals surface area contributed by atoms with Crippen molar-refractivity contribution in [1.29, 1.82) is 0 Å². The van der Waals surface area contributed by atoms with Gasteiger partial charge in [0.25, 0.3) is 0 Å². The summed E-state index contributed by atoms with van der Waals surface area (Å²) < 4.78 is 0. The highest BCUT2D eigenvalue weighted by Crippen LogP contribution is 2.56. The van der Waals surface area contributed by atoms with Crippen LogP contribution in [-0.2, 0) is 18.3 Å². The van der Waals surface area contributed by atoms with Crippen LogP contribution in [0, 0.1) is 0 Å². The lowest BCUT2D eigenvalue weighted by atomic mass is 9.75. The Bertz CT molecular complexity index is 2470. The van der Waals surface area contributed by atoms with E-state index in [1.807, 2.05) is 0 Å². The fourth-order valence-corrected chi connectivity index (χ4v) is 8.65. The Hall–Kier alpha value is -5.92. The average molecular weight is 612 g/mol. The summed E-state index contributed by atoms with van der Waals surface area (Å²) in [5.41, 5.74) is 14.6. The minimum absolute atomic E-state index is 0.0276. The normalized spacial score (nSPS) is 13.8. The molecule has 0 N–H and O–H groups in total. The molecule has 0 radical (unpaired) electrons. The highest BCUT2D eigenvalue weighted by atomic mass is 15.1. The number of para-hydroxylation sites is 1. The summed E-state index contributed by atoms with van der Waals surface area (Å²) in [6, 6.07) is 65.0. The highest BCUT2D eigenvalue weighted by molar-refractivity contribution is 6.14. The Morgan fingerprint density at radius 3 is 1.81 bits per heavy atom. The summed E-state index contributed by atoms with van der Waals surface area (Å²) in [7, 11) is 0. The molecule has 1 heteroatoms. The van der Waals surface area contributed by atoms with Gasteiger partial charge in [0.05, 0.1) is 5.69 Å². The lowest BCUT2D eigenvalue weighted by Crippen LogP contribution is -2.25. The van der Waals surface area contributed by atoms with Gasteiger partial charge in [0.2, 0.25) is 0 Å². The third-order valence-corrected chi connectivity index (χ3v) is 10.8. The molecule has 2 aliphatic carbocycles. The smallest absolute Gasteiger partial charge is 0.0540 e. The van der Waals surface area contributed by atoms with Crippen molar-refractivity contribution in [2.24, 2.45) is 0 Å². The second-order valence-electron chi connectivity index (χ2n) is 13.4. The molecule has 0 aromatic heterocycles. The van der Waals surface area contributed by atoms with Crippen molar-refractivity contribution in [2.75, 3.05) is 4.90 Å². The number of anilines is 3. The van der Waals surface area contributed by atoms with Crippen molar-refractivity contribution >= 4 is 38.6 Å². The molecule has 0 amide bonds. The molecule has 1 spiro atoms. The Kier molecular flexibility index (Phi) is 5.98. The monoisotopic (exact) mass is 611 g/mol. The summed E-state index contributed by atoms with van der Waals surface area (Å²) in [5.74, 6) is 0. The molecule has 0 saturated carbocycles. The summed E-state index contributed by atoms with van der Waals surface area (Å²) in [6.07, 6.45) is 2.10. The molecule has 1 nitrogen and oxygen atoms in total. The molecule has 0 aliphatic heterocycles. The standard InChI is InChI=1S/C47H33N/c1-3-12-32(13-4-1)33-22-25-38(26-23-33)48(37-16-5-2-6-17-37)46-21-11-19-39-41(46)27-24-34-28-43-40-18-9-10-20-44(40)47(45(43)29-42(34)39)30-35-14-7-8-15-36(35)31-47/h1-29H,30-31H2. The van der Waals surface area contributed by atoms with Gasteiger partial charge in [-0.3, -0.25) is 0 Å². The zero-order valence-corrected chi connectivity index (χ0v) is 26.6. The summed E-state index contributed by atoms with van der Waals surface area (Å²) in [4.78, 5) is 2.40. The predicted molar refractivity (Wildman–Crippen MR) is 202 cm³/mol. The topological polar surface area (TPSA) is 3.24 Å². The third kappa shape index (κ3) is 4.04. The van der Waals surface area contributed by atoms with Crippen LogP contribution in [-0.4, -0.2) is 0 Å². The van der Waals surface area contributed by atoms with Gasteiger partial charge in [0.15, 0.2) is 0 Å². The predicted octanol–water partition coefficient (Wildman–Crippen LogP) is 12.2.